The van der Waals surface area contributed by atoms with E-state index in [2.05, 4.69) is 15.9 Å². The number of hydrogen-bond donors (Lipinski definition) is 0. The molecule has 0 unspecified atom stereocenters. The van der Waals surface area contributed by atoms with E-state index in [1.54, 1.807) is 18.2 Å². The monoisotopic (exact) mass is 373 g/mol. The molecule has 0 aliphatic heterocycles. The highest BCUT2D eigenvalue weighted by atomic mass is 79.9. The van der Waals surface area contributed by atoms with Crippen LogP contribution in [0, 0.1) is 15.9 Å². The van der Waals surface area contributed by atoms with Gasteiger partial charge in [0, 0.05) is 22.0 Å². The summed E-state index contributed by atoms with van der Waals surface area (Å²) in [6.45, 7) is 0.108. The summed E-state index contributed by atoms with van der Waals surface area (Å²) in [6, 6.07) is 8.87. The van der Waals surface area contributed by atoms with E-state index < -0.39 is 16.4 Å². The number of alkyl halides is 1. The van der Waals surface area contributed by atoms with Crippen LogP contribution in [-0.2, 0) is 11.9 Å². The Hall–Kier alpha value is -1.66. The standard InChI is InChI=1S/C14H10BrClFNO3/c15-7-10-6-11(16)2-4-14(10)21-8-9-1-3-13(18(19)20)12(17)5-9/h1-6H,7-8H2. The molecule has 0 saturated heterocycles. The fraction of sp³-hybridized carbons (Fsp3) is 0.143. The number of benzene rings is 2. The summed E-state index contributed by atoms with van der Waals surface area (Å²) < 4.78 is 19.1. The predicted molar refractivity (Wildman–Crippen MR) is 81.5 cm³/mol. The van der Waals surface area contributed by atoms with Gasteiger partial charge < -0.3 is 4.74 Å². The third-order valence-electron chi connectivity index (χ3n) is 2.77. The number of halogens is 3. The molecular weight excluding hydrogens is 365 g/mol. The molecular formula is C14H10BrClFNO3. The van der Waals surface area contributed by atoms with Crippen LogP contribution in [0.15, 0.2) is 36.4 Å². The lowest BCUT2D eigenvalue weighted by Crippen LogP contribution is -2.00. The van der Waals surface area contributed by atoms with Crippen LogP contribution in [0.2, 0.25) is 5.02 Å². The van der Waals surface area contributed by atoms with Crippen molar-refractivity contribution in [2.45, 2.75) is 11.9 Å². The van der Waals surface area contributed by atoms with Gasteiger partial charge in [0.15, 0.2) is 0 Å². The number of rotatable bonds is 5. The van der Waals surface area contributed by atoms with Crippen molar-refractivity contribution in [1.29, 1.82) is 0 Å². The Kier molecular flexibility index (Phi) is 5.14. The Labute approximate surface area is 133 Å². The van der Waals surface area contributed by atoms with Crippen LogP contribution in [0.4, 0.5) is 10.1 Å². The second-order valence-corrected chi connectivity index (χ2v) is 5.21. The molecule has 0 radical (unpaired) electrons. The number of ether oxygens (including phenoxy) is 1. The summed E-state index contributed by atoms with van der Waals surface area (Å²) >= 11 is 9.22. The molecule has 0 aliphatic rings. The van der Waals surface area contributed by atoms with E-state index in [9.17, 15) is 14.5 Å². The summed E-state index contributed by atoms with van der Waals surface area (Å²) in [5.41, 5.74) is 0.824. The third kappa shape index (κ3) is 3.92. The Morgan fingerprint density at radius 2 is 2.05 bits per heavy atom. The SMILES string of the molecule is O=[N+]([O-])c1ccc(COc2ccc(Cl)cc2CBr)cc1F. The van der Waals surface area contributed by atoms with E-state index in [0.717, 1.165) is 17.7 Å². The zero-order valence-corrected chi connectivity index (χ0v) is 13.0. The molecule has 2 rings (SSSR count). The number of hydrogen-bond acceptors (Lipinski definition) is 3. The van der Waals surface area contributed by atoms with Gasteiger partial charge in [0.05, 0.1) is 4.92 Å². The fourth-order valence-corrected chi connectivity index (χ4v) is 2.38. The van der Waals surface area contributed by atoms with E-state index in [1.807, 2.05) is 0 Å². The smallest absolute Gasteiger partial charge is 0.304 e. The number of nitrogens with zero attached hydrogens (tertiary/aromatic N) is 1. The van der Waals surface area contributed by atoms with Gasteiger partial charge in [0.25, 0.3) is 0 Å². The largest absolute Gasteiger partial charge is 0.489 e. The Bertz CT molecular complexity index is 681. The molecule has 2 aromatic carbocycles. The van der Waals surface area contributed by atoms with Crippen LogP contribution in [0.5, 0.6) is 5.75 Å². The van der Waals surface area contributed by atoms with Crippen LogP contribution < -0.4 is 4.74 Å². The van der Waals surface area contributed by atoms with Gasteiger partial charge >= 0.3 is 5.69 Å². The van der Waals surface area contributed by atoms with Gasteiger partial charge in [-0.2, -0.15) is 4.39 Å². The molecule has 21 heavy (non-hydrogen) atoms. The van der Waals surface area contributed by atoms with Crippen molar-refractivity contribution in [2.24, 2.45) is 0 Å². The quantitative estimate of drug-likeness (QED) is 0.426. The first-order valence-corrected chi connectivity index (χ1v) is 7.41. The van der Waals surface area contributed by atoms with Crippen molar-refractivity contribution in [1.82, 2.24) is 0 Å². The maximum Gasteiger partial charge on any atom is 0.304 e. The maximum atomic E-state index is 13.5. The van der Waals surface area contributed by atoms with Crippen LogP contribution in [0.3, 0.4) is 0 Å². The molecule has 0 atom stereocenters. The third-order valence-corrected chi connectivity index (χ3v) is 3.61. The average molecular weight is 375 g/mol. The zero-order valence-electron chi connectivity index (χ0n) is 10.7. The first kappa shape index (κ1) is 15.7. The minimum absolute atomic E-state index is 0.108. The average Bonchev–Trinajstić information content (AvgIpc) is 2.45. The molecule has 0 fully saturated rings. The lowest BCUT2D eigenvalue weighted by molar-refractivity contribution is -0.387. The normalized spacial score (nSPS) is 10.4. The van der Waals surface area contributed by atoms with E-state index in [0.29, 0.717) is 21.7 Å². The molecule has 0 bridgehead atoms. The maximum absolute atomic E-state index is 13.5. The summed E-state index contributed by atoms with van der Waals surface area (Å²) in [7, 11) is 0. The molecule has 0 spiro atoms. The van der Waals surface area contributed by atoms with Crippen LogP contribution >= 0.6 is 27.5 Å². The highest BCUT2D eigenvalue weighted by Crippen LogP contribution is 2.26. The van der Waals surface area contributed by atoms with Gasteiger partial charge in [0.2, 0.25) is 5.82 Å². The van der Waals surface area contributed by atoms with Gasteiger partial charge in [-0.05, 0) is 35.9 Å². The lowest BCUT2D eigenvalue weighted by atomic mass is 10.2. The van der Waals surface area contributed by atoms with Crippen molar-refractivity contribution in [2.75, 3.05) is 0 Å². The van der Waals surface area contributed by atoms with Gasteiger partial charge in [-0.3, -0.25) is 10.1 Å². The molecule has 0 aliphatic carbocycles. The first-order valence-electron chi connectivity index (χ1n) is 5.91. The van der Waals surface area contributed by atoms with Gasteiger partial charge in [-0.25, -0.2) is 0 Å². The molecule has 0 aromatic heterocycles. The topological polar surface area (TPSA) is 52.4 Å². The zero-order chi connectivity index (χ0) is 15.4. The second-order valence-electron chi connectivity index (χ2n) is 4.22. The highest BCUT2D eigenvalue weighted by Gasteiger charge is 2.14. The Morgan fingerprint density at radius 1 is 1.29 bits per heavy atom. The molecule has 0 N–H and O–H groups in total. The molecule has 0 amide bonds. The van der Waals surface area contributed by atoms with Crippen molar-refractivity contribution >= 4 is 33.2 Å². The molecule has 110 valence electrons. The molecule has 2 aromatic rings. The number of nitro benzene ring substituents is 1. The van der Waals surface area contributed by atoms with E-state index in [1.165, 1.54) is 6.07 Å². The van der Waals surface area contributed by atoms with E-state index in [4.69, 9.17) is 16.3 Å². The van der Waals surface area contributed by atoms with Crippen molar-refractivity contribution in [3.05, 3.63) is 68.5 Å². The molecule has 7 heteroatoms. The Balaban J connectivity index is 2.13. The summed E-state index contributed by atoms with van der Waals surface area (Å²) in [4.78, 5) is 9.78. The van der Waals surface area contributed by atoms with E-state index >= 15 is 0 Å². The first-order chi connectivity index (χ1) is 10.0. The van der Waals surface area contributed by atoms with E-state index in [-0.39, 0.29) is 6.61 Å². The minimum atomic E-state index is -0.877. The Morgan fingerprint density at radius 3 is 2.67 bits per heavy atom. The minimum Gasteiger partial charge on any atom is -0.489 e. The predicted octanol–water partition coefficient (Wildman–Crippen LogP) is 4.86. The second kappa shape index (κ2) is 6.87. The summed E-state index contributed by atoms with van der Waals surface area (Å²) in [6.07, 6.45) is 0. The van der Waals surface area contributed by atoms with Crippen molar-refractivity contribution < 1.29 is 14.1 Å². The lowest BCUT2D eigenvalue weighted by Gasteiger charge is -2.10. The van der Waals surface area contributed by atoms with Gasteiger partial charge in [-0.1, -0.05) is 27.5 Å². The van der Waals surface area contributed by atoms with Crippen LogP contribution in [0.25, 0.3) is 0 Å². The highest BCUT2D eigenvalue weighted by molar-refractivity contribution is 9.08. The van der Waals surface area contributed by atoms with Crippen LogP contribution in [0.1, 0.15) is 11.1 Å². The van der Waals surface area contributed by atoms with Crippen molar-refractivity contribution in [3.63, 3.8) is 0 Å². The van der Waals surface area contributed by atoms with Crippen LogP contribution in [-0.4, -0.2) is 4.92 Å². The molecule has 0 heterocycles. The summed E-state index contributed by atoms with van der Waals surface area (Å²) in [5, 5.41) is 11.7. The fourth-order valence-electron chi connectivity index (χ4n) is 1.74. The molecule has 0 saturated carbocycles. The van der Waals surface area contributed by atoms with Gasteiger partial charge in [-0.15, -0.1) is 0 Å². The van der Waals surface area contributed by atoms with Crippen molar-refractivity contribution in [3.8, 4) is 5.75 Å². The van der Waals surface area contributed by atoms with Gasteiger partial charge in [0.1, 0.15) is 12.4 Å². The number of nitro groups is 1. The summed E-state index contributed by atoms with van der Waals surface area (Å²) in [5.74, 6) is -0.257. The molecule has 4 nitrogen and oxygen atoms in total.